The van der Waals surface area contributed by atoms with E-state index in [9.17, 15) is 0 Å². The molecule has 0 aliphatic rings. The van der Waals surface area contributed by atoms with E-state index in [4.69, 9.17) is 9.47 Å². The fraction of sp³-hybridized carbons (Fsp3) is 0.400. The van der Waals surface area contributed by atoms with Crippen molar-refractivity contribution in [2.24, 2.45) is 0 Å². The van der Waals surface area contributed by atoms with Crippen molar-refractivity contribution in [3.63, 3.8) is 0 Å². The highest BCUT2D eigenvalue weighted by atomic mass is 35.5. The number of rotatable bonds is 9. The van der Waals surface area contributed by atoms with Crippen molar-refractivity contribution < 1.29 is 9.47 Å². The molecule has 0 fully saturated rings. The van der Waals surface area contributed by atoms with E-state index in [2.05, 4.69) is 54.7 Å². The average molecular weight is 350 g/mol. The van der Waals surface area contributed by atoms with Gasteiger partial charge in [-0.05, 0) is 36.6 Å². The molecular formula is C20H28ClNO2. The summed E-state index contributed by atoms with van der Waals surface area (Å²) in [6.45, 7) is 5.65. The van der Waals surface area contributed by atoms with Gasteiger partial charge in [-0.2, -0.15) is 0 Å². The van der Waals surface area contributed by atoms with Gasteiger partial charge >= 0.3 is 0 Å². The Labute approximate surface area is 151 Å². The third-order valence-electron chi connectivity index (χ3n) is 3.86. The molecule has 1 atom stereocenters. The predicted molar refractivity (Wildman–Crippen MR) is 102 cm³/mol. The molecule has 0 aliphatic heterocycles. The van der Waals surface area contributed by atoms with Gasteiger partial charge in [0.2, 0.25) is 0 Å². The highest BCUT2D eigenvalue weighted by Gasteiger charge is 2.11. The van der Waals surface area contributed by atoms with Gasteiger partial charge in [0.05, 0.1) is 13.7 Å². The van der Waals surface area contributed by atoms with E-state index in [-0.39, 0.29) is 12.4 Å². The van der Waals surface area contributed by atoms with Gasteiger partial charge < -0.3 is 14.8 Å². The zero-order chi connectivity index (χ0) is 16.5. The van der Waals surface area contributed by atoms with Crippen molar-refractivity contribution in [3.05, 3.63) is 59.7 Å². The fourth-order valence-electron chi connectivity index (χ4n) is 2.70. The summed E-state index contributed by atoms with van der Waals surface area (Å²) in [5, 5.41) is 3.66. The summed E-state index contributed by atoms with van der Waals surface area (Å²) < 4.78 is 11.0. The standard InChI is InChI=1S/C20H27NO2.ClH/c1-4-9-18(17-10-7-6-8-11-17)21-15-16-12-13-19(22-3)20(14-16)23-5-2;/h6-8,10-14,18,21H,4-5,9,15H2,1-3H3;1H. The highest BCUT2D eigenvalue weighted by Crippen LogP contribution is 2.28. The van der Waals surface area contributed by atoms with Crippen LogP contribution in [0.15, 0.2) is 48.5 Å². The first kappa shape index (κ1) is 20.3. The summed E-state index contributed by atoms with van der Waals surface area (Å²) in [4.78, 5) is 0. The summed E-state index contributed by atoms with van der Waals surface area (Å²) >= 11 is 0. The zero-order valence-electron chi connectivity index (χ0n) is 14.7. The van der Waals surface area contributed by atoms with Crippen molar-refractivity contribution in [1.29, 1.82) is 0 Å². The summed E-state index contributed by atoms with van der Waals surface area (Å²) in [6.07, 6.45) is 2.28. The minimum absolute atomic E-state index is 0. The second-order valence-electron chi connectivity index (χ2n) is 5.55. The van der Waals surface area contributed by atoms with E-state index in [1.54, 1.807) is 7.11 Å². The zero-order valence-corrected chi connectivity index (χ0v) is 15.6. The molecule has 0 heterocycles. The van der Waals surface area contributed by atoms with Crippen LogP contribution in [0.25, 0.3) is 0 Å². The molecule has 0 spiro atoms. The molecular weight excluding hydrogens is 322 g/mol. The lowest BCUT2D eigenvalue weighted by Gasteiger charge is -2.19. The average Bonchev–Trinajstić information content (AvgIpc) is 2.60. The van der Waals surface area contributed by atoms with Crippen LogP contribution in [0, 0.1) is 0 Å². The topological polar surface area (TPSA) is 30.5 Å². The normalized spacial score (nSPS) is 11.5. The maximum absolute atomic E-state index is 5.65. The molecule has 1 unspecified atom stereocenters. The summed E-state index contributed by atoms with van der Waals surface area (Å²) in [5.74, 6) is 1.59. The molecule has 0 saturated carbocycles. The lowest BCUT2D eigenvalue weighted by atomic mass is 10.0. The van der Waals surface area contributed by atoms with Crippen LogP contribution in [0.3, 0.4) is 0 Å². The Hall–Kier alpha value is -1.71. The largest absolute Gasteiger partial charge is 0.493 e. The van der Waals surface area contributed by atoms with Crippen molar-refractivity contribution in [2.75, 3.05) is 13.7 Å². The summed E-state index contributed by atoms with van der Waals surface area (Å²) in [6, 6.07) is 17.1. The van der Waals surface area contributed by atoms with Crippen LogP contribution < -0.4 is 14.8 Å². The Morgan fingerprint density at radius 2 is 1.75 bits per heavy atom. The van der Waals surface area contributed by atoms with Gasteiger partial charge in [-0.1, -0.05) is 49.7 Å². The van der Waals surface area contributed by atoms with Gasteiger partial charge in [0.25, 0.3) is 0 Å². The van der Waals surface area contributed by atoms with E-state index in [0.717, 1.165) is 30.9 Å². The third-order valence-corrected chi connectivity index (χ3v) is 3.86. The van der Waals surface area contributed by atoms with Gasteiger partial charge in [0.15, 0.2) is 11.5 Å². The van der Waals surface area contributed by atoms with Gasteiger partial charge in [0.1, 0.15) is 0 Å². The third kappa shape index (κ3) is 5.73. The molecule has 0 amide bonds. The van der Waals surface area contributed by atoms with Crippen LogP contribution in [0.2, 0.25) is 0 Å². The SMILES string of the molecule is CCCC(NCc1ccc(OC)c(OCC)c1)c1ccccc1.Cl. The first-order valence-electron chi connectivity index (χ1n) is 8.36. The number of benzene rings is 2. The maximum Gasteiger partial charge on any atom is 0.161 e. The highest BCUT2D eigenvalue weighted by molar-refractivity contribution is 5.85. The number of hydrogen-bond donors (Lipinski definition) is 1. The molecule has 2 rings (SSSR count). The molecule has 3 nitrogen and oxygen atoms in total. The predicted octanol–water partition coefficient (Wildman–Crippen LogP) is 5.15. The van der Waals surface area contributed by atoms with Crippen LogP contribution in [-0.2, 0) is 6.54 Å². The number of hydrogen-bond acceptors (Lipinski definition) is 3. The monoisotopic (exact) mass is 349 g/mol. The Morgan fingerprint density at radius 1 is 1.00 bits per heavy atom. The number of nitrogens with one attached hydrogen (secondary N) is 1. The van der Waals surface area contributed by atoms with Crippen LogP contribution in [0.1, 0.15) is 43.9 Å². The molecule has 24 heavy (non-hydrogen) atoms. The molecule has 2 aromatic rings. The first-order chi connectivity index (χ1) is 11.3. The van der Waals surface area contributed by atoms with Crippen molar-refractivity contribution in [3.8, 4) is 11.5 Å². The van der Waals surface area contributed by atoms with Crippen molar-refractivity contribution in [2.45, 2.75) is 39.3 Å². The van der Waals surface area contributed by atoms with Gasteiger partial charge in [0, 0.05) is 12.6 Å². The second kappa shape index (κ2) is 11.0. The van der Waals surface area contributed by atoms with E-state index >= 15 is 0 Å². The van der Waals surface area contributed by atoms with Crippen LogP contribution in [0.4, 0.5) is 0 Å². The summed E-state index contributed by atoms with van der Waals surface area (Å²) in [7, 11) is 1.67. The summed E-state index contributed by atoms with van der Waals surface area (Å²) in [5.41, 5.74) is 2.54. The van der Waals surface area contributed by atoms with Gasteiger partial charge in [-0.3, -0.25) is 0 Å². The van der Waals surface area contributed by atoms with Gasteiger partial charge in [-0.25, -0.2) is 0 Å². The number of ether oxygens (including phenoxy) is 2. The molecule has 132 valence electrons. The lowest BCUT2D eigenvalue weighted by molar-refractivity contribution is 0.310. The lowest BCUT2D eigenvalue weighted by Crippen LogP contribution is -2.20. The van der Waals surface area contributed by atoms with Gasteiger partial charge in [-0.15, -0.1) is 12.4 Å². The second-order valence-corrected chi connectivity index (χ2v) is 5.55. The van der Waals surface area contributed by atoms with Crippen molar-refractivity contribution >= 4 is 12.4 Å². The maximum atomic E-state index is 5.65. The molecule has 0 aliphatic carbocycles. The Balaban J connectivity index is 0.00000288. The smallest absolute Gasteiger partial charge is 0.161 e. The molecule has 1 N–H and O–H groups in total. The Kier molecular flexibility index (Phi) is 9.28. The fourth-order valence-corrected chi connectivity index (χ4v) is 2.70. The molecule has 4 heteroatoms. The minimum Gasteiger partial charge on any atom is -0.493 e. The number of halogens is 1. The van der Waals surface area contributed by atoms with Crippen LogP contribution in [-0.4, -0.2) is 13.7 Å². The van der Waals surface area contributed by atoms with Crippen LogP contribution in [0.5, 0.6) is 11.5 Å². The molecule has 0 radical (unpaired) electrons. The quantitative estimate of drug-likeness (QED) is 0.679. The van der Waals surface area contributed by atoms with E-state index in [0.29, 0.717) is 12.6 Å². The van der Waals surface area contributed by atoms with E-state index < -0.39 is 0 Å². The Bertz CT molecular complexity index is 589. The molecule has 2 aromatic carbocycles. The molecule has 0 saturated heterocycles. The van der Waals surface area contributed by atoms with Crippen LogP contribution >= 0.6 is 12.4 Å². The van der Waals surface area contributed by atoms with Crippen molar-refractivity contribution in [1.82, 2.24) is 5.32 Å². The minimum atomic E-state index is 0. The molecule has 0 bridgehead atoms. The number of methoxy groups -OCH3 is 1. The van der Waals surface area contributed by atoms with E-state index in [1.807, 2.05) is 13.0 Å². The Morgan fingerprint density at radius 3 is 2.38 bits per heavy atom. The first-order valence-corrected chi connectivity index (χ1v) is 8.36. The van der Waals surface area contributed by atoms with E-state index in [1.165, 1.54) is 11.1 Å². The molecule has 0 aromatic heterocycles.